The van der Waals surface area contributed by atoms with Gasteiger partial charge in [0, 0.05) is 25.3 Å². The summed E-state index contributed by atoms with van der Waals surface area (Å²) in [4.78, 5) is 11.1. The van der Waals surface area contributed by atoms with Gasteiger partial charge in [0.2, 0.25) is 0 Å². The molecule has 2 N–H and O–H groups in total. The quantitative estimate of drug-likeness (QED) is 0.724. The lowest BCUT2D eigenvalue weighted by molar-refractivity contribution is -0.137. The van der Waals surface area contributed by atoms with Gasteiger partial charge in [0.05, 0.1) is 0 Å². The lowest BCUT2D eigenvalue weighted by atomic mass is 10.1. The minimum absolute atomic E-state index is 0.0263. The molecule has 2 nitrogen and oxygen atoms in total. The van der Waals surface area contributed by atoms with Gasteiger partial charge in [-0.15, -0.1) is 0 Å². The zero-order chi connectivity index (χ0) is 11.9. The molecule has 0 aliphatic carbocycles. The van der Waals surface area contributed by atoms with E-state index in [4.69, 9.17) is 5.73 Å². The first kappa shape index (κ1) is 14.4. The van der Waals surface area contributed by atoms with Gasteiger partial charge in [-0.3, -0.25) is 4.79 Å². The molecule has 0 saturated carbocycles. The van der Waals surface area contributed by atoms with E-state index in [0.717, 1.165) is 6.42 Å². The maximum Gasteiger partial charge on any atom is 0.389 e. The van der Waals surface area contributed by atoms with Gasteiger partial charge < -0.3 is 5.73 Å². The first-order chi connectivity index (χ1) is 6.81. The van der Waals surface area contributed by atoms with E-state index in [0.29, 0.717) is 12.8 Å². The Morgan fingerprint density at radius 1 is 1.27 bits per heavy atom. The molecule has 0 rings (SSSR count). The van der Waals surface area contributed by atoms with E-state index in [-0.39, 0.29) is 24.7 Å². The standard InChI is InChI=1S/C10H18F3NO/c1-8(14)4-2-5-9(15)6-3-7-10(11,12)13/h8H,2-7,14H2,1H3. The van der Waals surface area contributed by atoms with Crippen LogP contribution in [0.5, 0.6) is 0 Å². The van der Waals surface area contributed by atoms with Crippen molar-refractivity contribution in [2.45, 2.75) is 57.7 Å². The molecule has 0 bridgehead atoms. The molecule has 0 aliphatic heterocycles. The first-order valence-corrected chi connectivity index (χ1v) is 5.15. The SMILES string of the molecule is CC(N)CCCC(=O)CCCC(F)(F)F. The molecule has 90 valence electrons. The molecule has 0 aromatic carbocycles. The second-order valence-corrected chi connectivity index (χ2v) is 3.88. The van der Waals surface area contributed by atoms with Crippen LogP contribution in [0.3, 0.4) is 0 Å². The molecular formula is C10H18F3NO. The third-order valence-electron chi connectivity index (χ3n) is 2.03. The molecule has 1 unspecified atom stereocenters. The largest absolute Gasteiger partial charge is 0.389 e. The predicted octanol–water partition coefficient (Wildman–Crippen LogP) is 2.81. The Labute approximate surface area is 88.0 Å². The second-order valence-electron chi connectivity index (χ2n) is 3.88. The lowest BCUT2D eigenvalue weighted by Gasteiger charge is -2.06. The van der Waals surface area contributed by atoms with Crippen molar-refractivity contribution in [3.8, 4) is 0 Å². The molecule has 5 heteroatoms. The van der Waals surface area contributed by atoms with Gasteiger partial charge in [0.15, 0.2) is 0 Å². The second kappa shape index (κ2) is 6.82. The lowest BCUT2D eigenvalue weighted by Crippen LogP contribution is -2.15. The zero-order valence-electron chi connectivity index (χ0n) is 8.94. The number of Topliss-reactive ketones (excluding diaryl/α,β-unsaturated/α-hetero) is 1. The molecule has 0 saturated heterocycles. The van der Waals surface area contributed by atoms with Crippen molar-refractivity contribution in [2.24, 2.45) is 5.73 Å². The number of hydrogen-bond acceptors (Lipinski definition) is 2. The maximum absolute atomic E-state index is 11.7. The van der Waals surface area contributed by atoms with E-state index < -0.39 is 12.6 Å². The Bertz CT molecular complexity index is 190. The highest BCUT2D eigenvalue weighted by Crippen LogP contribution is 2.22. The number of alkyl halides is 3. The summed E-state index contributed by atoms with van der Waals surface area (Å²) in [5.41, 5.74) is 5.48. The fraction of sp³-hybridized carbons (Fsp3) is 0.900. The smallest absolute Gasteiger partial charge is 0.328 e. The summed E-state index contributed by atoms with van der Waals surface area (Å²) in [5.74, 6) is -0.0973. The number of hydrogen-bond donors (Lipinski definition) is 1. The number of rotatable bonds is 7. The van der Waals surface area contributed by atoms with Crippen molar-refractivity contribution in [1.82, 2.24) is 0 Å². The van der Waals surface area contributed by atoms with Crippen molar-refractivity contribution >= 4 is 5.78 Å². The third-order valence-corrected chi connectivity index (χ3v) is 2.03. The summed E-state index contributed by atoms with van der Waals surface area (Å²) < 4.78 is 35.2. The van der Waals surface area contributed by atoms with Crippen molar-refractivity contribution in [1.29, 1.82) is 0 Å². The van der Waals surface area contributed by atoms with Crippen LogP contribution >= 0.6 is 0 Å². The van der Waals surface area contributed by atoms with Crippen LogP contribution in [-0.2, 0) is 4.79 Å². The fourth-order valence-corrected chi connectivity index (χ4v) is 1.23. The van der Waals surface area contributed by atoms with Gasteiger partial charge in [0.1, 0.15) is 5.78 Å². The van der Waals surface area contributed by atoms with Crippen LogP contribution < -0.4 is 5.73 Å². The summed E-state index contributed by atoms with van der Waals surface area (Å²) >= 11 is 0. The monoisotopic (exact) mass is 225 g/mol. The molecule has 0 aromatic rings. The number of halogens is 3. The van der Waals surface area contributed by atoms with Gasteiger partial charge in [0.25, 0.3) is 0 Å². The number of carbonyl (C=O) groups is 1. The van der Waals surface area contributed by atoms with E-state index in [9.17, 15) is 18.0 Å². The normalized spacial score (nSPS) is 13.9. The molecule has 15 heavy (non-hydrogen) atoms. The number of ketones is 1. The highest BCUT2D eigenvalue weighted by Gasteiger charge is 2.26. The van der Waals surface area contributed by atoms with Crippen molar-refractivity contribution in [3.05, 3.63) is 0 Å². The topological polar surface area (TPSA) is 43.1 Å². The molecule has 0 aliphatic rings. The van der Waals surface area contributed by atoms with Gasteiger partial charge in [-0.1, -0.05) is 0 Å². The van der Waals surface area contributed by atoms with Crippen LogP contribution in [0.25, 0.3) is 0 Å². The van der Waals surface area contributed by atoms with Crippen molar-refractivity contribution in [3.63, 3.8) is 0 Å². The maximum atomic E-state index is 11.7. The van der Waals surface area contributed by atoms with Crippen LogP contribution in [0.2, 0.25) is 0 Å². The van der Waals surface area contributed by atoms with Crippen LogP contribution in [0, 0.1) is 0 Å². The zero-order valence-corrected chi connectivity index (χ0v) is 8.94. The van der Waals surface area contributed by atoms with E-state index in [1.807, 2.05) is 6.92 Å². The van der Waals surface area contributed by atoms with Crippen LogP contribution in [0.15, 0.2) is 0 Å². The average molecular weight is 225 g/mol. The summed E-state index contributed by atoms with van der Waals surface area (Å²) in [6, 6.07) is 0.0491. The minimum Gasteiger partial charge on any atom is -0.328 e. The summed E-state index contributed by atoms with van der Waals surface area (Å²) in [7, 11) is 0. The van der Waals surface area contributed by atoms with Crippen molar-refractivity contribution in [2.75, 3.05) is 0 Å². The highest BCUT2D eigenvalue weighted by atomic mass is 19.4. The van der Waals surface area contributed by atoms with Crippen LogP contribution in [0.1, 0.15) is 45.4 Å². The van der Waals surface area contributed by atoms with Crippen molar-refractivity contribution < 1.29 is 18.0 Å². The van der Waals surface area contributed by atoms with Gasteiger partial charge in [-0.05, 0) is 26.2 Å². The van der Waals surface area contributed by atoms with E-state index in [2.05, 4.69) is 0 Å². The Balaban J connectivity index is 3.42. The fourth-order valence-electron chi connectivity index (χ4n) is 1.23. The Hall–Kier alpha value is -0.580. The first-order valence-electron chi connectivity index (χ1n) is 5.15. The highest BCUT2D eigenvalue weighted by molar-refractivity contribution is 5.78. The summed E-state index contributed by atoms with van der Waals surface area (Å²) in [6.45, 7) is 1.84. The Morgan fingerprint density at radius 3 is 2.27 bits per heavy atom. The van der Waals surface area contributed by atoms with Gasteiger partial charge in [-0.2, -0.15) is 13.2 Å². The van der Waals surface area contributed by atoms with Gasteiger partial charge >= 0.3 is 6.18 Å². The third kappa shape index (κ3) is 11.3. The molecule has 0 radical (unpaired) electrons. The van der Waals surface area contributed by atoms with E-state index >= 15 is 0 Å². The summed E-state index contributed by atoms with van der Waals surface area (Å²) in [5, 5.41) is 0. The molecule has 0 spiro atoms. The molecule has 0 heterocycles. The minimum atomic E-state index is -4.15. The summed E-state index contributed by atoms with van der Waals surface area (Å²) in [6.07, 6.45) is -3.33. The van der Waals surface area contributed by atoms with E-state index in [1.165, 1.54) is 0 Å². The molecule has 1 atom stereocenters. The van der Waals surface area contributed by atoms with Crippen LogP contribution in [0.4, 0.5) is 13.2 Å². The van der Waals surface area contributed by atoms with E-state index in [1.54, 1.807) is 0 Å². The predicted molar refractivity (Wildman–Crippen MR) is 52.4 cm³/mol. The molecule has 0 aromatic heterocycles. The molecule has 0 amide bonds. The average Bonchev–Trinajstić information content (AvgIpc) is 2.00. The Morgan fingerprint density at radius 2 is 1.80 bits per heavy atom. The number of nitrogens with two attached hydrogens (primary N) is 1. The van der Waals surface area contributed by atoms with Gasteiger partial charge in [-0.25, -0.2) is 0 Å². The molecule has 0 fully saturated rings. The van der Waals surface area contributed by atoms with Crippen LogP contribution in [-0.4, -0.2) is 18.0 Å². The molecular weight excluding hydrogens is 207 g/mol. The number of carbonyl (C=O) groups excluding carboxylic acids is 1. The Kier molecular flexibility index (Phi) is 6.56.